The van der Waals surface area contributed by atoms with Crippen LogP contribution in [0.15, 0.2) is 27.4 Å². The quantitative estimate of drug-likeness (QED) is 0.731. The number of aromatic nitrogens is 1. The van der Waals surface area contributed by atoms with Crippen LogP contribution in [0.2, 0.25) is 15.1 Å². The highest BCUT2D eigenvalue weighted by Crippen LogP contribution is 2.35. The van der Waals surface area contributed by atoms with Gasteiger partial charge in [0.1, 0.15) is 10.7 Å². The van der Waals surface area contributed by atoms with E-state index in [9.17, 15) is 0 Å². The van der Waals surface area contributed by atoms with E-state index in [1.54, 1.807) is 18.2 Å². The molecule has 1 heterocycles. The van der Waals surface area contributed by atoms with Crippen LogP contribution in [0.3, 0.4) is 0 Å². The Kier molecular flexibility index (Phi) is 3.26. The second-order valence-corrected chi connectivity index (χ2v) is 4.75. The highest BCUT2D eigenvalue weighted by molar-refractivity contribution is 9.10. The molecule has 0 saturated heterocycles. The van der Waals surface area contributed by atoms with Crippen molar-refractivity contribution in [1.29, 1.82) is 0 Å². The van der Waals surface area contributed by atoms with Crippen molar-refractivity contribution in [3.05, 3.63) is 37.9 Å². The number of hydrogen-bond acceptors (Lipinski definition) is 2. The van der Waals surface area contributed by atoms with Crippen molar-refractivity contribution in [3.63, 3.8) is 0 Å². The number of benzene rings is 1. The van der Waals surface area contributed by atoms with Crippen LogP contribution in [0.5, 0.6) is 0 Å². The van der Waals surface area contributed by atoms with E-state index < -0.39 is 0 Å². The maximum absolute atomic E-state index is 5.96. The van der Waals surface area contributed by atoms with Crippen molar-refractivity contribution < 1.29 is 4.52 Å². The second-order valence-electron chi connectivity index (χ2n) is 2.78. The fraction of sp³-hybridized carbons (Fsp3) is 0. The summed E-state index contributed by atoms with van der Waals surface area (Å²) in [5.41, 5.74) is 1.22. The summed E-state index contributed by atoms with van der Waals surface area (Å²) in [5, 5.41) is 5.24. The van der Waals surface area contributed by atoms with Crippen LogP contribution in [0.25, 0.3) is 11.3 Å². The summed E-state index contributed by atoms with van der Waals surface area (Å²) in [7, 11) is 0. The first kappa shape index (κ1) is 11.3. The summed E-state index contributed by atoms with van der Waals surface area (Å²) in [6.45, 7) is 0. The highest BCUT2D eigenvalue weighted by Gasteiger charge is 2.14. The maximum atomic E-state index is 5.96. The van der Waals surface area contributed by atoms with Gasteiger partial charge >= 0.3 is 0 Å². The van der Waals surface area contributed by atoms with Gasteiger partial charge in [0.2, 0.25) is 4.67 Å². The van der Waals surface area contributed by atoms with Crippen LogP contribution in [-0.4, -0.2) is 5.16 Å². The zero-order chi connectivity index (χ0) is 11.0. The van der Waals surface area contributed by atoms with Gasteiger partial charge in [-0.15, -0.1) is 0 Å². The highest BCUT2D eigenvalue weighted by atomic mass is 79.9. The monoisotopic (exact) mass is 325 g/mol. The summed E-state index contributed by atoms with van der Waals surface area (Å²) in [6, 6.07) is 5.06. The van der Waals surface area contributed by atoms with E-state index in [1.807, 2.05) is 0 Å². The molecule has 78 valence electrons. The van der Waals surface area contributed by atoms with Gasteiger partial charge in [-0.1, -0.05) is 40.0 Å². The predicted octanol–water partition coefficient (Wildman–Crippen LogP) is 5.06. The molecule has 15 heavy (non-hydrogen) atoms. The molecule has 0 unspecified atom stereocenters. The third kappa shape index (κ3) is 2.31. The zero-order valence-corrected chi connectivity index (χ0v) is 11.0. The van der Waals surface area contributed by atoms with E-state index in [1.165, 1.54) is 0 Å². The Morgan fingerprint density at radius 1 is 1.07 bits per heavy atom. The summed E-state index contributed by atoms with van der Waals surface area (Å²) in [5.74, 6) is 0. The van der Waals surface area contributed by atoms with Crippen molar-refractivity contribution in [3.8, 4) is 11.3 Å². The first-order valence-electron chi connectivity index (χ1n) is 3.85. The first-order valence-corrected chi connectivity index (χ1v) is 5.78. The molecule has 0 radical (unpaired) electrons. The van der Waals surface area contributed by atoms with Crippen LogP contribution in [-0.2, 0) is 0 Å². The molecular weight excluding hydrogens is 324 g/mol. The molecule has 0 saturated carbocycles. The smallest absolute Gasteiger partial charge is 0.221 e. The Morgan fingerprint density at radius 3 is 2.13 bits per heavy atom. The van der Waals surface area contributed by atoms with E-state index in [0.717, 1.165) is 0 Å². The minimum absolute atomic E-state index is 0.385. The van der Waals surface area contributed by atoms with Gasteiger partial charge in [0.05, 0.1) is 0 Å². The van der Waals surface area contributed by atoms with E-state index in [-0.39, 0.29) is 0 Å². The van der Waals surface area contributed by atoms with Crippen molar-refractivity contribution >= 4 is 50.7 Å². The van der Waals surface area contributed by atoms with Crippen molar-refractivity contribution in [2.24, 2.45) is 0 Å². The topological polar surface area (TPSA) is 26.0 Å². The van der Waals surface area contributed by atoms with E-state index >= 15 is 0 Å². The third-order valence-electron chi connectivity index (χ3n) is 1.73. The molecule has 0 bridgehead atoms. The minimum atomic E-state index is 0.385. The van der Waals surface area contributed by atoms with E-state index in [0.29, 0.717) is 31.0 Å². The van der Waals surface area contributed by atoms with Gasteiger partial charge in [0.25, 0.3) is 0 Å². The first-order chi connectivity index (χ1) is 7.08. The van der Waals surface area contributed by atoms with Gasteiger partial charge in [-0.3, -0.25) is 0 Å². The fourth-order valence-electron chi connectivity index (χ4n) is 1.13. The average Bonchev–Trinajstić information content (AvgIpc) is 2.46. The number of rotatable bonds is 1. The fourth-order valence-corrected chi connectivity index (χ4v) is 2.09. The van der Waals surface area contributed by atoms with Gasteiger partial charge in [-0.25, -0.2) is 0 Å². The molecule has 2 nitrogen and oxygen atoms in total. The van der Waals surface area contributed by atoms with Crippen molar-refractivity contribution in [2.75, 3.05) is 0 Å². The summed E-state index contributed by atoms with van der Waals surface area (Å²) in [6.07, 6.45) is 0. The van der Waals surface area contributed by atoms with Crippen LogP contribution in [0.4, 0.5) is 0 Å². The molecule has 0 aliphatic heterocycles. The van der Waals surface area contributed by atoms with Gasteiger partial charge in [0.15, 0.2) is 0 Å². The lowest BCUT2D eigenvalue weighted by Crippen LogP contribution is -1.79. The molecule has 0 aliphatic rings. The molecule has 1 aromatic heterocycles. The molecule has 1 aromatic carbocycles. The summed E-state index contributed by atoms with van der Waals surface area (Å²) in [4.78, 5) is 0. The predicted molar refractivity (Wildman–Crippen MR) is 64.7 cm³/mol. The normalized spacial score (nSPS) is 10.7. The van der Waals surface area contributed by atoms with Crippen LogP contribution >= 0.6 is 50.7 Å². The van der Waals surface area contributed by atoms with Gasteiger partial charge in [0, 0.05) is 15.6 Å². The molecule has 6 heteroatoms. The number of halogens is 4. The van der Waals surface area contributed by atoms with Crippen LogP contribution < -0.4 is 0 Å². The van der Waals surface area contributed by atoms with Crippen molar-refractivity contribution in [1.82, 2.24) is 5.16 Å². The van der Waals surface area contributed by atoms with Crippen molar-refractivity contribution in [2.45, 2.75) is 0 Å². The Balaban J connectivity index is 2.58. The largest absolute Gasteiger partial charge is 0.347 e. The molecule has 0 fully saturated rings. The zero-order valence-electron chi connectivity index (χ0n) is 7.10. The van der Waals surface area contributed by atoms with Gasteiger partial charge < -0.3 is 4.52 Å². The molecule has 2 rings (SSSR count). The summed E-state index contributed by atoms with van der Waals surface area (Å²) >= 11 is 20.8. The Labute approximate surface area is 109 Å². The molecule has 0 spiro atoms. The number of nitrogens with zero attached hydrogens (tertiary/aromatic N) is 1. The molecule has 0 amide bonds. The Bertz CT molecular complexity index is 492. The Hall–Kier alpha value is -0.220. The number of hydrogen-bond donors (Lipinski definition) is 0. The molecule has 0 N–H and O–H groups in total. The minimum Gasteiger partial charge on any atom is -0.347 e. The summed E-state index contributed by atoms with van der Waals surface area (Å²) < 4.78 is 5.26. The molecule has 2 aromatic rings. The molecular formula is C9H3BrCl3NO. The molecule has 0 aliphatic carbocycles. The molecule has 0 atom stereocenters. The van der Waals surface area contributed by atoms with Crippen LogP contribution in [0, 0.1) is 0 Å². The lowest BCUT2D eigenvalue weighted by Gasteiger charge is -1.99. The lowest BCUT2D eigenvalue weighted by atomic mass is 10.1. The van der Waals surface area contributed by atoms with Gasteiger partial charge in [-0.2, -0.15) is 0 Å². The van der Waals surface area contributed by atoms with E-state index in [2.05, 4.69) is 21.1 Å². The second kappa shape index (κ2) is 4.34. The average molecular weight is 327 g/mol. The Morgan fingerprint density at radius 2 is 1.67 bits per heavy atom. The third-order valence-corrected chi connectivity index (χ3v) is 3.29. The standard InChI is InChI=1S/C9H3BrCl3NO/c10-9-7(13)8(14-15-9)4-1-5(11)3-6(12)2-4/h1-3H. The maximum Gasteiger partial charge on any atom is 0.221 e. The lowest BCUT2D eigenvalue weighted by molar-refractivity contribution is 0.402. The van der Waals surface area contributed by atoms with Crippen LogP contribution in [0.1, 0.15) is 0 Å². The van der Waals surface area contributed by atoms with Gasteiger partial charge in [-0.05, 0) is 34.1 Å². The SMILES string of the molecule is Clc1cc(Cl)cc(-c2noc(Br)c2Cl)c1. The van der Waals surface area contributed by atoms with E-state index in [4.69, 9.17) is 39.3 Å².